The summed E-state index contributed by atoms with van der Waals surface area (Å²) in [6, 6.07) is 0.887. The Labute approximate surface area is 134 Å². The maximum Gasteiger partial charge on any atom is 0.435 e. The Morgan fingerprint density at radius 3 is 2.71 bits per heavy atom. The van der Waals surface area contributed by atoms with E-state index in [4.69, 9.17) is 4.74 Å². The number of ether oxygens (including phenoxy) is 1. The first-order valence-corrected chi connectivity index (χ1v) is 7.25. The topological polar surface area (TPSA) is 81.9 Å². The van der Waals surface area contributed by atoms with Gasteiger partial charge in [0.1, 0.15) is 5.69 Å². The van der Waals surface area contributed by atoms with Crippen molar-refractivity contribution in [1.82, 2.24) is 25.1 Å². The number of rotatable bonds is 4. The van der Waals surface area contributed by atoms with Crippen molar-refractivity contribution in [1.29, 1.82) is 0 Å². The average molecular weight is 341 g/mol. The lowest BCUT2D eigenvalue weighted by atomic mass is 9.93. The van der Waals surface area contributed by atoms with Gasteiger partial charge in [-0.15, -0.1) is 0 Å². The normalized spacial score (nSPS) is 15.0. The quantitative estimate of drug-likeness (QED) is 0.923. The molecule has 1 amide bonds. The number of halogens is 3. The highest BCUT2D eigenvalue weighted by molar-refractivity contribution is 5.92. The van der Waals surface area contributed by atoms with Crippen molar-refractivity contribution in [2.45, 2.75) is 31.5 Å². The highest BCUT2D eigenvalue weighted by atomic mass is 19.4. The molecule has 2 heterocycles. The van der Waals surface area contributed by atoms with E-state index >= 15 is 0 Å². The molecule has 1 N–H and O–H groups in total. The minimum atomic E-state index is -4.57. The average Bonchev–Trinajstić information content (AvgIpc) is 2.84. The molecule has 0 radical (unpaired) electrons. The molecule has 1 saturated carbocycles. The van der Waals surface area contributed by atoms with Gasteiger partial charge in [0, 0.05) is 19.2 Å². The van der Waals surface area contributed by atoms with Crippen LogP contribution >= 0.6 is 0 Å². The summed E-state index contributed by atoms with van der Waals surface area (Å²) >= 11 is 0. The Balaban J connectivity index is 1.75. The number of hydrogen-bond donors (Lipinski definition) is 1. The lowest BCUT2D eigenvalue weighted by molar-refractivity contribution is -0.141. The highest BCUT2D eigenvalue weighted by Gasteiger charge is 2.35. The van der Waals surface area contributed by atoms with Gasteiger partial charge in [0.25, 0.3) is 5.91 Å². The number of aryl methyl sites for hydroxylation is 1. The van der Waals surface area contributed by atoms with Crippen LogP contribution in [0, 0.1) is 0 Å². The number of alkyl halides is 3. The number of nitrogens with zero attached hydrogens (tertiary/aromatic N) is 4. The molecule has 128 valence electrons. The molecule has 0 unspecified atom stereocenters. The first-order chi connectivity index (χ1) is 11.3. The predicted octanol–water partition coefficient (Wildman–Crippen LogP) is 2.30. The summed E-state index contributed by atoms with van der Waals surface area (Å²) in [7, 11) is 1.31. The molecule has 1 aliphatic rings. The fourth-order valence-electron chi connectivity index (χ4n) is 2.11. The minimum Gasteiger partial charge on any atom is -0.419 e. The van der Waals surface area contributed by atoms with Crippen LogP contribution in [0.5, 0.6) is 11.8 Å². The van der Waals surface area contributed by atoms with Crippen molar-refractivity contribution in [3.8, 4) is 11.8 Å². The first-order valence-electron chi connectivity index (χ1n) is 7.25. The smallest absolute Gasteiger partial charge is 0.419 e. The predicted molar refractivity (Wildman–Crippen MR) is 75.4 cm³/mol. The van der Waals surface area contributed by atoms with E-state index in [-0.39, 0.29) is 23.5 Å². The van der Waals surface area contributed by atoms with Gasteiger partial charge in [-0.1, -0.05) is 0 Å². The van der Waals surface area contributed by atoms with Crippen LogP contribution in [0.25, 0.3) is 0 Å². The zero-order valence-electron chi connectivity index (χ0n) is 12.7. The van der Waals surface area contributed by atoms with E-state index in [1.165, 1.54) is 19.4 Å². The maximum absolute atomic E-state index is 12.6. The fraction of sp³-hybridized carbons (Fsp3) is 0.429. The van der Waals surface area contributed by atoms with Gasteiger partial charge in [0.05, 0.1) is 12.4 Å². The molecule has 10 heteroatoms. The van der Waals surface area contributed by atoms with Crippen molar-refractivity contribution in [3.05, 3.63) is 29.8 Å². The molecule has 0 atom stereocenters. The third-order valence-corrected chi connectivity index (χ3v) is 3.62. The van der Waals surface area contributed by atoms with Crippen LogP contribution in [0.15, 0.2) is 18.5 Å². The molecular weight excluding hydrogens is 327 g/mol. The number of hydrogen-bond acceptors (Lipinski definition) is 5. The molecule has 0 bridgehead atoms. The van der Waals surface area contributed by atoms with Gasteiger partial charge in [0.15, 0.2) is 5.69 Å². The van der Waals surface area contributed by atoms with Crippen molar-refractivity contribution in [2.24, 2.45) is 7.05 Å². The van der Waals surface area contributed by atoms with Gasteiger partial charge in [0.2, 0.25) is 11.8 Å². The molecule has 2 aromatic rings. The van der Waals surface area contributed by atoms with Gasteiger partial charge < -0.3 is 10.1 Å². The number of aromatic nitrogens is 4. The van der Waals surface area contributed by atoms with E-state index in [9.17, 15) is 18.0 Å². The van der Waals surface area contributed by atoms with Gasteiger partial charge in [-0.3, -0.25) is 9.78 Å². The molecule has 7 nitrogen and oxygen atoms in total. The molecule has 3 rings (SSSR count). The summed E-state index contributed by atoms with van der Waals surface area (Å²) in [5.74, 6) is -0.639. The summed E-state index contributed by atoms with van der Waals surface area (Å²) in [5.41, 5.74) is -1.04. The summed E-state index contributed by atoms with van der Waals surface area (Å²) in [6.45, 7) is 0. The molecule has 0 spiro atoms. The van der Waals surface area contributed by atoms with E-state index in [1.807, 2.05) is 0 Å². The van der Waals surface area contributed by atoms with E-state index in [1.54, 1.807) is 0 Å². The Morgan fingerprint density at radius 2 is 2.12 bits per heavy atom. The number of amides is 1. The monoisotopic (exact) mass is 341 g/mol. The standard InChI is InChI=1S/C14H14F3N5O2/c1-22-12(5-10(21-22)14(15,16)17)24-11-7-18-6-9(20-11)13(23)19-8-3-2-4-8/h5-8H,2-4H2,1H3,(H,19,23). The van der Waals surface area contributed by atoms with Crippen LogP contribution in [0.1, 0.15) is 35.4 Å². The summed E-state index contributed by atoms with van der Waals surface area (Å²) in [4.78, 5) is 19.8. The zero-order chi connectivity index (χ0) is 17.3. The van der Waals surface area contributed by atoms with E-state index < -0.39 is 17.8 Å². The number of nitrogens with one attached hydrogen (secondary N) is 1. The highest BCUT2D eigenvalue weighted by Crippen LogP contribution is 2.31. The fourth-order valence-corrected chi connectivity index (χ4v) is 2.11. The lowest BCUT2D eigenvalue weighted by Crippen LogP contribution is -2.39. The second-order valence-corrected chi connectivity index (χ2v) is 5.44. The largest absolute Gasteiger partial charge is 0.435 e. The van der Waals surface area contributed by atoms with Crippen LogP contribution in [0.3, 0.4) is 0 Å². The van der Waals surface area contributed by atoms with E-state index in [2.05, 4.69) is 20.4 Å². The van der Waals surface area contributed by atoms with Gasteiger partial charge in [-0.25, -0.2) is 9.67 Å². The van der Waals surface area contributed by atoms with Crippen molar-refractivity contribution >= 4 is 5.91 Å². The van der Waals surface area contributed by atoms with Crippen LogP contribution in [0.4, 0.5) is 13.2 Å². The molecule has 0 aromatic carbocycles. The SMILES string of the molecule is Cn1nc(C(F)(F)F)cc1Oc1cncc(C(=O)NC2CCC2)n1. The maximum atomic E-state index is 12.6. The van der Waals surface area contributed by atoms with Gasteiger partial charge in [-0.05, 0) is 19.3 Å². The zero-order valence-corrected chi connectivity index (χ0v) is 12.7. The first kappa shape index (κ1) is 16.2. The summed E-state index contributed by atoms with van der Waals surface area (Å²) in [5, 5.41) is 6.13. The Morgan fingerprint density at radius 1 is 1.38 bits per heavy atom. The molecule has 0 saturated heterocycles. The van der Waals surface area contributed by atoms with Crippen molar-refractivity contribution in [3.63, 3.8) is 0 Å². The Bertz CT molecular complexity index is 755. The third kappa shape index (κ3) is 3.47. The molecule has 1 fully saturated rings. The number of carbonyl (C=O) groups is 1. The number of carbonyl (C=O) groups excluding carboxylic acids is 1. The van der Waals surface area contributed by atoms with Crippen LogP contribution in [-0.4, -0.2) is 31.7 Å². The molecule has 2 aromatic heterocycles. The summed E-state index contributed by atoms with van der Waals surface area (Å²) in [6.07, 6.45) is 0.818. The van der Waals surface area contributed by atoms with Crippen molar-refractivity contribution < 1.29 is 22.7 Å². The van der Waals surface area contributed by atoms with Gasteiger partial charge >= 0.3 is 6.18 Å². The second-order valence-electron chi connectivity index (χ2n) is 5.44. The molecule has 1 aliphatic carbocycles. The molecular formula is C14H14F3N5O2. The molecule has 0 aliphatic heterocycles. The second kappa shape index (κ2) is 6.10. The van der Waals surface area contributed by atoms with Gasteiger partial charge in [-0.2, -0.15) is 18.3 Å². The van der Waals surface area contributed by atoms with E-state index in [0.717, 1.165) is 30.0 Å². The van der Waals surface area contributed by atoms with Crippen LogP contribution < -0.4 is 10.1 Å². The minimum absolute atomic E-state index is 0.0395. The van der Waals surface area contributed by atoms with Crippen molar-refractivity contribution in [2.75, 3.05) is 0 Å². The third-order valence-electron chi connectivity index (χ3n) is 3.62. The molecule has 24 heavy (non-hydrogen) atoms. The van der Waals surface area contributed by atoms with Crippen LogP contribution in [-0.2, 0) is 13.2 Å². The van der Waals surface area contributed by atoms with E-state index in [0.29, 0.717) is 0 Å². The lowest BCUT2D eigenvalue weighted by Gasteiger charge is -2.26. The Hall–Kier alpha value is -2.65. The van der Waals surface area contributed by atoms with Crippen LogP contribution in [0.2, 0.25) is 0 Å². The Kier molecular flexibility index (Phi) is 4.12. The summed E-state index contributed by atoms with van der Waals surface area (Å²) < 4.78 is 44.1.